The lowest BCUT2D eigenvalue weighted by Gasteiger charge is -2.24. The van der Waals surface area contributed by atoms with E-state index in [0.29, 0.717) is 64.2 Å². The monoisotopic (exact) mass is 511 g/mol. The zero-order valence-corrected chi connectivity index (χ0v) is 21.3. The molecule has 0 spiro atoms. The molecule has 0 aliphatic rings. The summed E-state index contributed by atoms with van der Waals surface area (Å²) in [6, 6.07) is 17.1. The minimum atomic E-state index is -0.317. The van der Waals surface area contributed by atoms with Gasteiger partial charge >= 0.3 is 0 Å². The van der Waals surface area contributed by atoms with Crippen LogP contribution in [0.1, 0.15) is 32.7 Å². The van der Waals surface area contributed by atoms with E-state index >= 15 is 0 Å². The van der Waals surface area contributed by atoms with E-state index in [0.717, 1.165) is 0 Å². The number of benzene rings is 3. The number of anilines is 1. The largest absolute Gasteiger partial charge is 0.496 e. The normalized spacial score (nSPS) is 10.5. The van der Waals surface area contributed by atoms with Crippen molar-refractivity contribution in [3.63, 3.8) is 0 Å². The van der Waals surface area contributed by atoms with Crippen molar-refractivity contribution in [1.29, 1.82) is 0 Å². The number of hydrogen-bond donors (Lipinski definition) is 2. The van der Waals surface area contributed by atoms with Crippen LogP contribution in [0.25, 0.3) is 0 Å². The third-order valence-corrected chi connectivity index (χ3v) is 5.93. The van der Waals surface area contributed by atoms with Crippen molar-refractivity contribution >= 4 is 29.1 Å². The molecule has 0 saturated carbocycles. The van der Waals surface area contributed by atoms with Gasteiger partial charge in [0.05, 0.1) is 26.9 Å². The maximum absolute atomic E-state index is 13.4. The van der Waals surface area contributed by atoms with Gasteiger partial charge in [0.25, 0.3) is 11.8 Å². The molecule has 3 N–H and O–H groups in total. The molecule has 36 heavy (non-hydrogen) atoms. The van der Waals surface area contributed by atoms with Crippen LogP contribution in [-0.4, -0.2) is 51.1 Å². The van der Waals surface area contributed by atoms with Crippen LogP contribution >= 0.6 is 11.6 Å². The average Bonchev–Trinajstić information content (AvgIpc) is 2.91. The number of rotatable bonds is 11. The lowest BCUT2D eigenvalue weighted by molar-refractivity contribution is 0.0741. The van der Waals surface area contributed by atoms with Crippen LogP contribution in [0.2, 0.25) is 5.02 Å². The summed E-state index contributed by atoms with van der Waals surface area (Å²) in [7, 11) is 4.56. The predicted octanol–water partition coefficient (Wildman–Crippen LogP) is 4.61. The van der Waals surface area contributed by atoms with E-state index in [1.807, 2.05) is 0 Å². The number of nitrogens with two attached hydrogens (primary N) is 1. The smallest absolute Gasteiger partial charge is 0.259 e. The van der Waals surface area contributed by atoms with Gasteiger partial charge in [0.15, 0.2) is 11.5 Å². The molecule has 0 saturated heterocycles. The molecular formula is C27H30ClN3O5. The lowest BCUT2D eigenvalue weighted by Crippen LogP contribution is -2.32. The third kappa shape index (κ3) is 6.47. The van der Waals surface area contributed by atoms with E-state index in [9.17, 15) is 9.59 Å². The number of halogens is 1. The highest BCUT2D eigenvalue weighted by Crippen LogP contribution is 2.29. The summed E-state index contributed by atoms with van der Waals surface area (Å²) < 4.78 is 15.9. The van der Waals surface area contributed by atoms with E-state index in [1.54, 1.807) is 65.6 Å². The summed E-state index contributed by atoms with van der Waals surface area (Å²) in [6.45, 7) is 1.08. The molecule has 3 rings (SSSR count). The van der Waals surface area contributed by atoms with Crippen LogP contribution in [0.3, 0.4) is 0 Å². The zero-order valence-electron chi connectivity index (χ0n) is 20.5. The van der Waals surface area contributed by atoms with Crippen molar-refractivity contribution < 1.29 is 23.8 Å². The Labute approximate surface area is 215 Å². The number of hydrogen-bond acceptors (Lipinski definition) is 6. The minimum Gasteiger partial charge on any atom is -0.496 e. The molecule has 3 aromatic carbocycles. The van der Waals surface area contributed by atoms with Gasteiger partial charge in [-0.3, -0.25) is 9.59 Å². The highest BCUT2D eigenvalue weighted by Gasteiger charge is 2.20. The number of ether oxygens (including phenoxy) is 3. The number of para-hydroxylation sites is 1. The van der Waals surface area contributed by atoms with Crippen LogP contribution < -0.4 is 25.3 Å². The molecule has 8 nitrogen and oxygen atoms in total. The topological polar surface area (TPSA) is 103 Å². The van der Waals surface area contributed by atoms with Crippen molar-refractivity contribution in [2.24, 2.45) is 5.73 Å². The Kier molecular flexibility index (Phi) is 9.55. The molecule has 2 amide bonds. The van der Waals surface area contributed by atoms with Crippen LogP contribution in [0.4, 0.5) is 5.69 Å². The Morgan fingerprint density at radius 2 is 1.64 bits per heavy atom. The average molecular weight is 512 g/mol. The van der Waals surface area contributed by atoms with Crippen molar-refractivity contribution in [3.8, 4) is 17.2 Å². The summed E-state index contributed by atoms with van der Waals surface area (Å²) in [6.07, 6.45) is 0.612. The van der Waals surface area contributed by atoms with Gasteiger partial charge in [-0.15, -0.1) is 0 Å². The van der Waals surface area contributed by atoms with E-state index in [1.165, 1.54) is 21.3 Å². The first-order valence-electron chi connectivity index (χ1n) is 11.4. The van der Waals surface area contributed by atoms with E-state index in [4.69, 9.17) is 31.5 Å². The molecule has 0 heterocycles. The number of nitrogens with one attached hydrogen (secondary N) is 1. The van der Waals surface area contributed by atoms with Crippen LogP contribution in [-0.2, 0) is 6.54 Å². The zero-order chi connectivity index (χ0) is 26.1. The molecular weight excluding hydrogens is 482 g/mol. The SMILES string of the molecule is COc1ccc(C(=O)N(CCCN)Cc2cc(NC(=O)c3ccccc3OC)ccc2Cl)cc1OC. The predicted molar refractivity (Wildman–Crippen MR) is 140 cm³/mol. The van der Waals surface area contributed by atoms with E-state index < -0.39 is 0 Å². The van der Waals surface area contributed by atoms with Gasteiger partial charge in [0, 0.05) is 29.4 Å². The summed E-state index contributed by atoms with van der Waals surface area (Å²) in [5.74, 6) is 0.939. The van der Waals surface area contributed by atoms with Gasteiger partial charge in [0.1, 0.15) is 5.75 Å². The quantitative estimate of drug-likeness (QED) is 0.389. The molecule has 0 aliphatic carbocycles. The van der Waals surface area contributed by atoms with Gasteiger partial charge in [0.2, 0.25) is 0 Å². The molecule has 0 aliphatic heterocycles. The van der Waals surface area contributed by atoms with Gasteiger partial charge in [-0.1, -0.05) is 23.7 Å². The van der Waals surface area contributed by atoms with Crippen LogP contribution in [0.5, 0.6) is 17.2 Å². The van der Waals surface area contributed by atoms with Crippen molar-refractivity contribution in [2.45, 2.75) is 13.0 Å². The van der Waals surface area contributed by atoms with Crippen molar-refractivity contribution in [2.75, 3.05) is 39.7 Å². The Hall–Kier alpha value is -3.75. The summed E-state index contributed by atoms with van der Waals surface area (Å²) in [5.41, 5.74) is 7.80. The van der Waals surface area contributed by atoms with Crippen molar-refractivity contribution in [3.05, 3.63) is 82.4 Å². The Morgan fingerprint density at radius 3 is 2.33 bits per heavy atom. The fraction of sp³-hybridized carbons (Fsp3) is 0.259. The highest BCUT2D eigenvalue weighted by molar-refractivity contribution is 6.31. The molecule has 0 fully saturated rings. The number of carbonyl (C=O) groups excluding carboxylic acids is 2. The van der Waals surface area contributed by atoms with Crippen LogP contribution in [0, 0.1) is 0 Å². The van der Waals surface area contributed by atoms with Gasteiger partial charge < -0.3 is 30.2 Å². The van der Waals surface area contributed by atoms with Crippen LogP contribution in [0.15, 0.2) is 60.7 Å². The van der Waals surface area contributed by atoms with Gasteiger partial charge in [-0.25, -0.2) is 0 Å². The van der Waals surface area contributed by atoms with E-state index in [-0.39, 0.29) is 18.4 Å². The molecule has 9 heteroatoms. The molecule has 0 unspecified atom stereocenters. The molecule has 0 atom stereocenters. The summed E-state index contributed by atoms with van der Waals surface area (Å²) in [5, 5.41) is 3.35. The second-order valence-corrected chi connectivity index (χ2v) is 8.31. The first kappa shape index (κ1) is 26.8. The lowest BCUT2D eigenvalue weighted by atomic mass is 10.1. The molecule has 0 radical (unpaired) electrons. The van der Waals surface area contributed by atoms with E-state index in [2.05, 4.69) is 5.32 Å². The summed E-state index contributed by atoms with van der Waals surface area (Å²) in [4.78, 5) is 27.9. The Balaban J connectivity index is 1.85. The highest BCUT2D eigenvalue weighted by atomic mass is 35.5. The molecule has 0 aromatic heterocycles. The second kappa shape index (κ2) is 12.8. The maximum Gasteiger partial charge on any atom is 0.259 e. The number of carbonyl (C=O) groups is 2. The number of methoxy groups -OCH3 is 3. The van der Waals surface area contributed by atoms with Gasteiger partial charge in [-0.2, -0.15) is 0 Å². The Morgan fingerprint density at radius 1 is 0.917 bits per heavy atom. The third-order valence-electron chi connectivity index (χ3n) is 5.57. The molecule has 0 bridgehead atoms. The fourth-order valence-electron chi connectivity index (χ4n) is 3.70. The molecule has 3 aromatic rings. The Bertz CT molecular complexity index is 1220. The first-order chi connectivity index (χ1) is 17.4. The van der Waals surface area contributed by atoms with Crippen molar-refractivity contribution in [1.82, 2.24) is 4.90 Å². The van der Waals surface area contributed by atoms with Gasteiger partial charge in [-0.05, 0) is 67.1 Å². The fourth-order valence-corrected chi connectivity index (χ4v) is 3.87. The first-order valence-corrected chi connectivity index (χ1v) is 11.7. The second-order valence-electron chi connectivity index (χ2n) is 7.90. The standard InChI is InChI=1S/C27H30ClN3O5/c1-34-23-8-5-4-7-21(23)26(32)30-20-10-11-22(28)19(15-20)17-31(14-6-13-29)27(33)18-9-12-24(35-2)25(16-18)36-3/h4-5,7-12,15-16H,6,13-14,17,29H2,1-3H3,(H,30,32). The number of amides is 2. The number of nitrogens with zero attached hydrogens (tertiary/aromatic N) is 1. The molecule has 190 valence electrons. The minimum absolute atomic E-state index is 0.205. The summed E-state index contributed by atoms with van der Waals surface area (Å²) >= 11 is 6.48. The maximum atomic E-state index is 13.4.